The van der Waals surface area contributed by atoms with Crippen LogP contribution in [0.4, 0.5) is 0 Å². The van der Waals surface area contributed by atoms with Crippen LogP contribution in [0.3, 0.4) is 0 Å². The topological polar surface area (TPSA) is 51.2 Å². The third-order valence-corrected chi connectivity index (χ3v) is 6.60. The minimum Gasteiger partial charge on any atom is -0.462 e. The van der Waals surface area contributed by atoms with Crippen molar-refractivity contribution in [3.63, 3.8) is 0 Å². The summed E-state index contributed by atoms with van der Waals surface area (Å²) >= 11 is 0. The van der Waals surface area contributed by atoms with Crippen molar-refractivity contribution in [3.8, 4) is 0 Å². The number of carbonyl (C=O) groups excluding carboxylic acids is 1. The minimum atomic E-state index is -0.0200. The van der Waals surface area contributed by atoms with Gasteiger partial charge in [0.25, 0.3) is 0 Å². The molecule has 4 atom stereocenters. The Morgan fingerprint density at radius 3 is 3.12 bits per heavy atom. The van der Waals surface area contributed by atoms with Crippen molar-refractivity contribution in [1.29, 1.82) is 0 Å². The second-order valence-electron chi connectivity index (χ2n) is 8.32. The van der Waals surface area contributed by atoms with Crippen LogP contribution in [-0.2, 0) is 16.1 Å². The van der Waals surface area contributed by atoms with Crippen LogP contribution in [0, 0.1) is 17.3 Å². The SMILES string of the molecule is CC1=C2C[C@@H]3C(CNCc4cccnc4)C(=O)O[C@@H]3C[C@@]2(C)CCC1. The molecule has 2 heterocycles. The highest BCUT2D eigenvalue weighted by atomic mass is 16.6. The summed E-state index contributed by atoms with van der Waals surface area (Å²) in [5.74, 6) is 0.313. The lowest BCUT2D eigenvalue weighted by Gasteiger charge is -2.45. The summed E-state index contributed by atoms with van der Waals surface area (Å²) in [6, 6.07) is 4.00. The highest BCUT2D eigenvalue weighted by Crippen LogP contribution is 2.54. The Balaban J connectivity index is 1.45. The summed E-state index contributed by atoms with van der Waals surface area (Å²) in [6.07, 6.45) is 9.54. The van der Waals surface area contributed by atoms with Gasteiger partial charge in [0.2, 0.25) is 0 Å². The van der Waals surface area contributed by atoms with Crippen molar-refractivity contribution >= 4 is 5.97 Å². The zero-order chi connectivity index (χ0) is 17.4. The number of nitrogens with one attached hydrogen (secondary N) is 1. The molecule has 1 aromatic heterocycles. The van der Waals surface area contributed by atoms with Gasteiger partial charge in [0.15, 0.2) is 0 Å². The molecule has 1 unspecified atom stereocenters. The monoisotopic (exact) mass is 340 g/mol. The first-order valence-electron chi connectivity index (χ1n) is 9.56. The van der Waals surface area contributed by atoms with Crippen LogP contribution in [0.15, 0.2) is 35.7 Å². The summed E-state index contributed by atoms with van der Waals surface area (Å²) < 4.78 is 5.82. The molecule has 2 fully saturated rings. The van der Waals surface area contributed by atoms with Gasteiger partial charge in [-0.2, -0.15) is 0 Å². The number of ether oxygens (including phenoxy) is 1. The van der Waals surface area contributed by atoms with Gasteiger partial charge in [-0.05, 0) is 56.1 Å². The molecule has 0 aromatic carbocycles. The fourth-order valence-electron chi connectivity index (χ4n) is 5.22. The number of esters is 1. The van der Waals surface area contributed by atoms with Crippen LogP contribution < -0.4 is 5.32 Å². The zero-order valence-electron chi connectivity index (χ0n) is 15.3. The first kappa shape index (κ1) is 16.8. The number of hydrogen-bond acceptors (Lipinski definition) is 4. The molecule has 4 heteroatoms. The fraction of sp³-hybridized carbons (Fsp3) is 0.619. The lowest BCUT2D eigenvalue weighted by molar-refractivity contribution is -0.145. The molecule has 0 spiro atoms. The van der Waals surface area contributed by atoms with E-state index in [0.29, 0.717) is 12.5 Å². The van der Waals surface area contributed by atoms with E-state index in [1.54, 1.807) is 17.3 Å². The molecule has 1 aliphatic heterocycles. The largest absolute Gasteiger partial charge is 0.462 e. The molecule has 25 heavy (non-hydrogen) atoms. The number of fused-ring (bicyclic) bond motifs is 2. The minimum absolute atomic E-state index is 0.00538. The van der Waals surface area contributed by atoms with Crippen molar-refractivity contribution in [3.05, 3.63) is 41.2 Å². The Labute approximate surface area is 150 Å². The average molecular weight is 340 g/mol. The summed E-state index contributed by atoms with van der Waals surface area (Å²) in [6.45, 7) is 6.11. The number of nitrogens with zero attached hydrogens (tertiary/aromatic N) is 1. The summed E-state index contributed by atoms with van der Waals surface area (Å²) in [4.78, 5) is 16.6. The van der Waals surface area contributed by atoms with E-state index in [2.05, 4.69) is 30.2 Å². The van der Waals surface area contributed by atoms with Crippen molar-refractivity contribution in [2.24, 2.45) is 17.3 Å². The quantitative estimate of drug-likeness (QED) is 0.672. The molecule has 4 rings (SSSR count). The first-order chi connectivity index (χ1) is 12.1. The summed E-state index contributed by atoms with van der Waals surface area (Å²) in [7, 11) is 0. The molecule has 0 amide bonds. The standard InChI is InChI=1S/C21H28N2O2/c1-14-5-3-7-21(2)10-19-16(9-18(14)21)17(20(24)25-19)13-23-12-15-6-4-8-22-11-15/h4,6,8,11,16-17,19,23H,3,5,7,9-10,12-13H2,1-2H3/t16-,17?,19-,21-/m1/s1. The Morgan fingerprint density at radius 2 is 2.32 bits per heavy atom. The Morgan fingerprint density at radius 1 is 1.44 bits per heavy atom. The zero-order valence-corrected chi connectivity index (χ0v) is 15.3. The van der Waals surface area contributed by atoms with Gasteiger partial charge in [-0.1, -0.05) is 24.1 Å². The van der Waals surface area contributed by atoms with Gasteiger partial charge in [-0.25, -0.2) is 0 Å². The number of hydrogen-bond donors (Lipinski definition) is 1. The lowest BCUT2D eigenvalue weighted by atomic mass is 9.59. The molecule has 4 nitrogen and oxygen atoms in total. The molecule has 1 N–H and O–H groups in total. The summed E-state index contributed by atoms with van der Waals surface area (Å²) in [5, 5.41) is 3.44. The maximum absolute atomic E-state index is 12.5. The van der Waals surface area contributed by atoms with Gasteiger partial charge >= 0.3 is 5.97 Å². The van der Waals surface area contributed by atoms with Crippen LogP contribution >= 0.6 is 0 Å². The molecular formula is C21H28N2O2. The molecule has 0 radical (unpaired) electrons. The van der Waals surface area contributed by atoms with E-state index < -0.39 is 0 Å². The van der Waals surface area contributed by atoms with Gasteiger partial charge in [-0.3, -0.25) is 9.78 Å². The van der Waals surface area contributed by atoms with E-state index in [-0.39, 0.29) is 23.4 Å². The van der Waals surface area contributed by atoms with Crippen LogP contribution in [0.1, 0.15) is 51.5 Å². The maximum atomic E-state index is 12.5. The Kier molecular flexibility index (Phi) is 4.40. The lowest BCUT2D eigenvalue weighted by Crippen LogP contribution is -2.40. The number of carbonyl (C=O) groups is 1. The number of aromatic nitrogens is 1. The number of pyridine rings is 1. The highest BCUT2D eigenvalue weighted by molar-refractivity contribution is 5.76. The number of allylic oxidation sites excluding steroid dienone is 2. The van der Waals surface area contributed by atoms with Crippen molar-refractivity contribution < 1.29 is 9.53 Å². The van der Waals surface area contributed by atoms with Crippen molar-refractivity contribution in [2.45, 2.75) is 58.6 Å². The van der Waals surface area contributed by atoms with Gasteiger partial charge in [0.05, 0.1) is 5.92 Å². The molecular weight excluding hydrogens is 312 g/mol. The Bertz CT molecular complexity index is 684. The van der Waals surface area contributed by atoms with Gasteiger partial charge in [-0.15, -0.1) is 0 Å². The fourth-order valence-corrected chi connectivity index (χ4v) is 5.22. The Hall–Kier alpha value is -1.68. The summed E-state index contributed by atoms with van der Waals surface area (Å²) in [5.41, 5.74) is 4.58. The van der Waals surface area contributed by atoms with E-state index in [1.807, 2.05) is 12.3 Å². The van der Waals surface area contributed by atoms with E-state index in [1.165, 1.54) is 19.3 Å². The molecule has 1 saturated carbocycles. The predicted molar refractivity (Wildman–Crippen MR) is 96.7 cm³/mol. The molecule has 1 aromatic rings. The number of rotatable bonds is 4. The smallest absolute Gasteiger partial charge is 0.310 e. The van der Waals surface area contributed by atoms with Gasteiger partial charge in [0.1, 0.15) is 6.10 Å². The molecule has 1 saturated heterocycles. The third-order valence-electron chi connectivity index (χ3n) is 6.60. The van der Waals surface area contributed by atoms with Gasteiger partial charge < -0.3 is 10.1 Å². The second kappa shape index (κ2) is 6.56. The van der Waals surface area contributed by atoms with E-state index >= 15 is 0 Å². The van der Waals surface area contributed by atoms with E-state index in [4.69, 9.17) is 4.74 Å². The van der Waals surface area contributed by atoms with E-state index in [0.717, 1.165) is 24.9 Å². The third kappa shape index (κ3) is 3.12. The normalized spacial score (nSPS) is 34.5. The molecule has 3 aliphatic rings. The second-order valence-corrected chi connectivity index (χ2v) is 8.32. The highest BCUT2D eigenvalue weighted by Gasteiger charge is 2.52. The van der Waals surface area contributed by atoms with Crippen LogP contribution in [-0.4, -0.2) is 23.6 Å². The molecule has 0 bridgehead atoms. The van der Waals surface area contributed by atoms with Crippen molar-refractivity contribution in [2.75, 3.05) is 6.54 Å². The first-order valence-corrected chi connectivity index (χ1v) is 9.56. The predicted octanol–water partition coefficient (Wildman–Crippen LogP) is 3.63. The molecule has 134 valence electrons. The van der Waals surface area contributed by atoms with Gasteiger partial charge in [0, 0.05) is 31.4 Å². The van der Waals surface area contributed by atoms with Crippen LogP contribution in [0.25, 0.3) is 0 Å². The molecule has 2 aliphatic carbocycles. The van der Waals surface area contributed by atoms with Crippen LogP contribution in [0.5, 0.6) is 0 Å². The van der Waals surface area contributed by atoms with Crippen LogP contribution in [0.2, 0.25) is 0 Å². The maximum Gasteiger partial charge on any atom is 0.310 e. The van der Waals surface area contributed by atoms with Crippen molar-refractivity contribution in [1.82, 2.24) is 10.3 Å². The van der Waals surface area contributed by atoms with E-state index in [9.17, 15) is 4.79 Å². The average Bonchev–Trinajstić information content (AvgIpc) is 2.88.